The SMILES string of the molecule is Cc1ccccc1NC(=O)c1cc([N+](=O)[O-])ccc1Cl. The lowest BCUT2D eigenvalue weighted by Gasteiger charge is -2.09. The Morgan fingerprint density at radius 2 is 1.95 bits per heavy atom. The van der Waals surface area contributed by atoms with Crippen LogP contribution in [0.25, 0.3) is 0 Å². The number of para-hydroxylation sites is 1. The van der Waals surface area contributed by atoms with Crippen LogP contribution in [0.2, 0.25) is 5.02 Å². The third-order valence-electron chi connectivity index (χ3n) is 2.80. The molecule has 0 saturated carbocycles. The van der Waals surface area contributed by atoms with Crippen molar-refractivity contribution in [1.29, 1.82) is 0 Å². The molecule has 0 aliphatic heterocycles. The fraction of sp³-hybridized carbons (Fsp3) is 0.0714. The highest BCUT2D eigenvalue weighted by atomic mass is 35.5. The molecule has 0 heterocycles. The molecule has 0 saturated heterocycles. The number of benzene rings is 2. The van der Waals surface area contributed by atoms with Crippen LogP contribution in [-0.2, 0) is 0 Å². The monoisotopic (exact) mass is 290 g/mol. The topological polar surface area (TPSA) is 72.2 Å². The Kier molecular flexibility index (Phi) is 4.00. The number of nitro benzene ring substituents is 1. The van der Waals surface area contributed by atoms with E-state index in [1.807, 2.05) is 19.1 Å². The van der Waals surface area contributed by atoms with Crippen molar-refractivity contribution in [2.75, 3.05) is 5.32 Å². The third kappa shape index (κ3) is 2.95. The first-order chi connectivity index (χ1) is 9.49. The first-order valence-corrected chi connectivity index (χ1v) is 6.18. The van der Waals surface area contributed by atoms with Crippen molar-refractivity contribution in [3.63, 3.8) is 0 Å². The number of nitro groups is 1. The van der Waals surface area contributed by atoms with Crippen LogP contribution in [-0.4, -0.2) is 10.8 Å². The minimum Gasteiger partial charge on any atom is -0.322 e. The number of anilines is 1. The Balaban J connectivity index is 2.32. The number of rotatable bonds is 3. The van der Waals surface area contributed by atoms with Gasteiger partial charge in [-0.05, 0) is 24.6 Å². The molecular weight excluding hydrogens is 280 g/mol. The number of halogens is 1. The molecule has 1 amide bonds. The van der Waals surface area contributed by atoms with Crippen molar-refractivity contribution < 1.29 is 9.72 Å². The summed E-state index contributed by atoms with van der Waals surface area (Å²) in [5, 5.41) is 13.6. The summed E-state index contributed by atoms with van der Waals surface area (Å²) in [5.74, 6) is -0.479. The molecule has 0 bridgehead atoms. The Bertz CT molecular complexity index is 686. The Hall–Kier alpha value is -2.40. The van der Waals surface area contributed by atoms with Gasteiger partial charge < -0.3 is 5.32 Å². The summed E-state index contributed by atoms with van der Waals surface area (Å²) in [5.41, 5.74) is 1.43. The molecule has 0 fully saturated rings. The summed E-state index contributed by atoms with van der Waals surface area (Å²) in [6.07, 6.45) is 0. The molecule has 0 aliphatic carbocycles. The number of carbonyl (C=O) groups excluding carboxylic acids is 1. The number of aryl methyl sites for hydroxylation is 1. The second-order valence-electron chi connectivity index (χ2n) is 4.19. The van der Waals surface area contributed by atoms with Crippen molar-refractivity contribution in [3.05, 3.63) is 68.7 Å². The van der Waals surface area contributed by atoms with Gasteiger partial charge in [-0.3, -0.25) is 14.9 Å². The highest BCUT2D eigenvalue weighted by Crippen LogP contribution is 2.23. The van der Waals surface area contributed by atoms with Crippen LogP contribution in [0, 0.1) is 17.0 Å². The summed E-state index contributed by atoms with van der Waals surface area (Å²) in [4.78, 5) is 22.3. The molecule has 1 N–H and O–H groups in total. The van der Waals surface area contributed by atoms with E-state index in [4.69, 9.17) is 11.6 Å². The van der Waals surface area contributed by atoms with E-state index < -0.39 is 10.8 Å². The van der Waals surface area contributed by atoms with E-state index in [0.717, 1.165) is 11.6 Å². The zero-order chi connectivity index (χ0) is 14.7. The van der Waals surface area contributed by atoms with E-state index in [9.17, 15) is 14.9 Å². The number of hydrogen-bond acceptors (Lipinski definition) is 3. The van der Waals surface area contributed by atoms with E-state index in [1.165, 1.54) is 12.1 Å². The van der Waals surface area contributed by atoms with Crippen molar-refractivity contribution >= 4 is 28.9 Å². The van der Waals surface area contributed by atoms with Crippen molar-refractivity contribution in [1.82, 2.24) is 0 Å². The largest absolute Gasteiger partial charge is 0.322 e. The van der Waals surface area contributed by atoms with Crippen LogP contribution in [0.4, 0.5) is 11.4 Å². The van der Waals surface area contributed by atoms with Gasteiger partial charge in [-0.25, -0.2) is 0 Å². The maximum Gasteiger partial charge on any atom is 0.270 e. The van der Waals surface area contributed by atoms with E-state index in [2.05, 4.69) is 5.32 Å². The highest BCUT2D eigenvalue weighted by molar-refractivity contribution is 6.34. The smallest absolute Gasteiger partial charge is 0.270 e. The van der Waals surface area contributed by atoms with E-state index in [1.54, 1.807) is 12.1 Å². The molecule has 5 nitrogen and oxygen atoms in total. The molecule has 20 heavy (non-hydrogen) atoms. The second kappa shape index (κ2) is 5.71. The Labute approximate surface area is 120 Å². The van der Waals surface area contributed by atoms with Crippen molar-refractivity contribution in [2.45, 2.75) is 6.92 Å². The first kappa shape index (κ1) is 14.0. The van der Waals surface area contributed by atoms with Crippen LogP contribution in [0.3, 0.4) is 0 Å². The lowest BCUT2D eigenvalue weighted by atomic mass is 10.1. The van der Waals surface area contributed by atoms with Gasteiger partial charge in [0.15, 0.2) is 0 Å². The number of amides is 1. The van der Waals surface area contributed by atoms with Gasteiger partial charge >= 0.3 is 0 Å². The lowest BCUT2D eigenvalue weighted by Crippen LogP contribution is -2.13. The van der Waals surface area contributed by atoms with Crippen LogP contribution < -0.4 is 5.32 Å². The second-order valence-corrected chi connectivity index (χ2v) is 4.60. The zero-order valence-corrected chi connectivity index (χ0v) is 11.3. The summed E-state index contributed by atoms with van der Waals surface area (Å²) < 4.78 is 0. The molecule has 2 aromatic rings. The van der Waals surface area contributed by atoms with E-state index in [0.29, 0.717) is 5.69 Å². The molecule has 6 heteroatoms. The van der Waals surface area contributed by atoms with Gasteiger partial charge in [0.05, 0.1) is 15.5 Å². The summed E-state index contributed by atoms with van der Waals surface area (Å²) in [6, 6.07) is 11.0. The third-order valence-corrected chi connectivity index (χ3v) is 3.13. The lowest BCUT2D eigenvalue weighted by molar-refractivity contribution is -0.384. The van der Waals surface area contributed by atoms with Gasteiger partial charge in [-0.2, -0.15) is 0 Å². The quantitative estimate of drug-likeness (QED) is 0.690. The molecule has 0 unspecified atom stereocenters. The molecule has 102 valence electrons. The summed E-state index contributed by atoms with van der Waals surface area (Å²) >= 11 is 5.92. The number of non-ortho nitro benzene ring substituents is 1. The molecule has 0 atom stereocenters. The normalized spacial score (nSPS) is 10.1. The van der Waals surface area contributed by atoms with Crippen LogP contribution >= 0.6 is 11.6 Å². The molecule has 0 aromatic heterocycles. The van der Waals surface area contributed by atoms with E-state index in [-0.39, 0.29) is 16.3 Å². The number of nitrogens with zero attached hydrogens (tertiary/aromatic N) is 1. The summed E-state index contributed by atoms with van der Waals surface area (Å²) in [6.45, 7) is 1.85. The fourth-order valence-corrected chi connectivity index (χ4v) is 1.91. The molecule has 0 aliphatic rings. The predicted octanol–water partition coefficient (Wildman–Crippen LogP) is 3.81. The van der Waals surface area contributed by atoms with Crippen LogP contribution in [0.1, 0.15) is 15.9 Å². The van der Waals surface area contributed by atoms with Gasteiger partial charge in [0.2, 0.25) is 0 Å². The van der Waals surface area contributed by atoms with Gasteiger partial charge in [0.25, 0.3) is 11.6 Å². The number of hydrogen-bond donors (Lipinski definition) is 1. The Morgan fingerprint density at radius 3 is 2.60 bits per heavy atom. The molecule has 2 rings (SSSR count). The van der Waals surface area contributed by atoms with Crippen molar-refractivity contribution in [2.24, 2.45) is 0 Å². The van der Waals surface area contributed by atoms with Crippen LogP contribution in [0.5, 0.6) is 0 Å². The number of nitrogens with one attached hydrogen (secondary N) is 1. The van der Waals surface area contributed by atoms with Gasteiger partial charge in [0, 0.05) is 17.8 Å². The van der Waals surface area contributed by atoms with Gasteiger partial charge in [-0.15, -0.1) is 0 Å². The molecule has 0 spiro atoms. The minimum absolute atomic E-state index is 0.0733. The maximum absolute atomic E-state index is 12.1. The minimum atomic E-state index is -0.569. The molecule has 2 aromatic carbocycles. The number of carbonyl (C=O) groups is 1. The Morgan fingerprint density at radius 1 is 1.25 bits per heavy atom. The van der Waals surface area contributed by atoms with E-state index >= 15 is 0 Å². The van der Waals surface area contributed by atoms with Gasteiger partial charge in [0.1, 0.15) is 0 Å². The fourth-order valence-electron chi connectivity index (χ4n) is 1.70. The maximum atomic E-state index is 12.1. The van der Waals surface area contributed by atoms with Gasteiger partial charge in [-0.1, -0.05) is 29.8 Å². The predicted molar refractivity (Wildman–Crippen MR) is 77.2 cm³/mol. The zero-order valence-electron chi connectivity index (χ0n) is 10.6. The summed E-state index contributed by atoms with van der Waals surface area (Å²) in [7, 11) is 0. The van der Waals surface area contributed by atoms with Crippen molar-refractivity contribution in [3.8, 4) is 0 Å². The first-order valence-electron chi connectivity index (χ1n) is 5.80. The average molecular weight is 291 g/mol. The molecule has 0 radical (unpaired) electrons. The highest BCUT2D eigenvalue weighted by Gasteiger charge is 2.16. The standard InChI is InChI=1S/C14H11ClN2O3/c1-9-4-2-3-5-13(9)16-14(18)11-8-10(17(19)20)6-7-12(11)15/h2-8H,1H3,(H,16,18). The average Bonchev–Trinajstić information content (AvgIpc) is 2.41. The van der Waals surface area contributed by atoms with Crippen LogP contribution in [0.15, 0.2) is 42.5 Å². The molecular formula is C14H11ClN2O3.